The van der Waals surface area contributed by atoms with Crippen molar-refractivity contribution in [2.24, 2.45) is 0 Å². The van der Waals surface area contributed by atoms with E-state index in [9.17, 15) is 23.1 Å². The highest BCUT2D eigenvalue weighted by Gasteiger charge is 2.29. The lowest BCUT2D eigenvalue weighted by molar-refractivity contribution is -0.137. The highest BCUT2D eigenvalue weighted by Crippen LogP contribution is 2.15. The molecule has 0 atom stereocenters. The molecule has 0 rings (SSSR count). The quantitative estimate of drug-likeness (QED) is 0.456. The second-order valence-electron chi connectivity index (χ2n) is 5.60. The number of rotatable bonds is 5. The molecule has 0 radical (unpaired) electrons. The number of ether oxygens (including phenoxy) is 2. The fourth-order valence-corrected chi connectivity index (χ4v) is 2.23. The molecule has 9 heteroatoms. The van der Waals surface area contributed by atoms with Gasteiger partial charge in [0.25, 0.3) is 0 Å². The molecular weight excluding hydrogens is 314 g/mol. The third-order valence-electron chi connectivity index (χ3n) is 2.19. The van der Waals surface area contributed by atoms with Gasteiger partial charge in [-0.1, -0.05) is 0 Å². The second-order valence-corrected chi connectivity index (χ2v) is 7.56. The Balaban J connectivity index is 5.35. The molecule has 8 nitrogen and oxygen atoms in total. The maximum atomic E-state index is 11.8. The summed E-state index contributed by atoms with van der Waals surface area (Å²) in [6, 6.07) is 0. The summed E-state index contributed by atoms with van der Waals surface area (Å²) in [5.41, 5.74) is -0.745. The van der Waals surface area contributed by atoms with E-state index >= 15 is 0 Å². The molecule has 0 aromatic rings. The summed E-state index contributed by atoms with van der Waals surface area (Å²) in [5.74, 6) is -1.95. The molecule has 0 saturated heterocycles. The van der Waals surface area contributed by atoms with E-state index in [4.69, 9.17) is 4.74 Å². The summed E-state index contributed by atoms with van der Waals surface area (Å²) in [6.45, 7) is 5.93. The SMILES string of the molecule is CCOC(=O)/C(=C(\O)CN(C)C(=O)OC(C)(C)C)S(C)(=O)=O. The standard InChI is InChI=1S/C13H23NO7S/c1-7-20-11(16)10(22(6,18)19)9(15)8-14(5)12(17)21-13(2,3)4/h15H,7-8H2,1-6H3/b10-9+. The molecule has 0 fully saturated rings. The minimum Gasteiger partial charge on any atom is -0.509 e. The number of likely N-dealkylation sites (N-methyl/N-ethyl adjacent to an activating group) is 1. The number of nitrogens with zero attached hydrogens (tertiary/aromatic N) is 1. The van der Waals surface area contributed by atoms with Crippen LogP contribution in [0.5, 0.6) is 0 Å². The van der Waals surface area contributed by atoms with Crippen molar-refractivity contribution in [3.8, 4) is 0 Å². The van der Waals surface area contributed by atoms with Gasteiger partial charge in [0.1, 0.15) is 11.4 Å². The van der Waals surface area contributed by atoms with Gasteiger partial charge in [0.2, 0.25) is 0 Å². The van der Waals surface area contributed by atoms with Gasteiger partial charge in [-0.3, -0.25) is 0 Å². The molecule has 128 valence electrons. The van der Waals surface area contributed by atoms with Gasteiger partial charge in [0.05, 0.1) is 13.2 Å². The predicted molar refractivity (Wildman–Crippen MR) is 80.0 cm³/mol. The lowest BCUT2D eigenvalue weighted by Gasteiger charge is -2.24. The van der Waals surface area contributed by atoms with Crippen LogP contribution in [0.2, 0.25) is 0 Å². The van der Waals surface area contributed by atoms with Gasteiger partial charge in [-0.05, 0) is 27.7 Å². The summed E-state index contributed by atoms with van der Waals surface area (Å²) in [5, 5.41) is 9.91. The minimum absolute atomic E-state index is 0.0486. The number of aliphatic hydroxyl groups is 1. The molecule has 0 bridgehead atoms. The van der Waals surface area contributed by atoms with Crippen molar-refractivity contribution in [3.63, 3.8) is 0 Å². The van der Waals surface area contributed by atoms with Crippen LogP contribution in [0.1, 0.15) is 27.7 Å². The third-order valence-corrected chi connectivity index (χ3v) is 3.33. The molecule has 1 N–H and O–H groups in total. The zero-order valence-electron chi connectivity index (χ0n) is 13.7. The first-order valence-corrected chi connectivity index (χ1v) is 8.42. The first-order valence-electron chi connectivity index (χ1n) is 6.53. The minimum atomic E-state index is -4.02. The Kier molecular flexibility index (Phi) is 6.88. The van der Waals surface area contributed by atoms with Gasteiger partial charge in [-0.15, -0.1) is 0 Å². The largest absolute Gasteiger partial charge is 0.509 e. The number of esters is 1. The number of carbonyl (C=O) groups excluding carboxylic acids is 2. The maximum Gasteiger partial charge on any atom is 0.410 e. The van der Waals surface area contributed by atoms with Gasteiger partial charge in [0.15, 0.2) is 14.7 Å². The van der Waals surface area contributed by atoms with Crippen LogP contribution >= 0.6 is 0 Å². The zero-order chi connectivity index (χ0) is 17.7. The molecule has 0 aromatic heterocycles. The molecule has 0 aromatic carbocycles. The molecular formula is C13H23NO7S. The van der Waals surface area contributed by atoms with E-state index in [1.807, 2.05) is 0 Å². The Bertz CT molecular complexity index is 557. The van der Waals surface area contributed by atoms with Crippen molar-refractivity contribution in [2.75, 3.05) is 26.5 Å². The van der Waals surface area contributed by atoms with Crippen molar-refractivity contribution in [1.29, 1.82) is 0 Å². The van der Waals surface area contributed by atoms with Gasteiger partial charge in [-0.25, -0.2) is 18.0 Å². The second kappa shape index (κ2) is 7.48. The van der Waals surface area contributed by atoms with Crippen molar-refractivity contribution in [2.45, 2.75) is 33.3 Å². The fourth-order valence-electron chi connectivity index (χ4n) is 1.38. The average Bonchev–Trinajstić information content (AvgIpc) is 2.24. The van der Waals surface area contributed by atoms with Crippen LogP contribution in [0, 0.1) is 0 Å². The smallest absolute Gasteiger partial charge is 0.410 e. The molecule has 0 saturated carbocycles. The van der Waals surface area contributed by atoms with Crippen molar-refractivity contribution >= 4 is 21.9 Å². The Hall–Kier alpha value is -1.77. The molecule has 0 aliphatic carbocycles. The summed E-state index contributed by atoms with van der Waals surface area (Å²) < 4.78 is 32.9. The molecule has 22 heavy (non-hydrogen) atoms. The van der Waals surface area contributed by atoms with E-state index < -0.39 is 44.7 Å². The number of amides is 1. The Labute approximate surface area is 130 Å². The molecule has 0 aliphatic rings. The maximum absolute atomic E-state index is 11.8. The van der Waals surface area contributed by atoms with Crippen LogP contribution in [-0.2, 0) is 24.1 Å². The Morgan fingerprint density at radius 2 is 1.73 bits per heavy atom. The van der Waals surface area contributed by atoms with E-state index in [0.717, 1.165) is 11.2 Å². The normalized spacial score (nSPS) is 13.2. The van der Waals surface area contributed by atoms with E-state index in [0.29, 0.717) is 0 Å². The monoisotopic (exact) mass is 337 g/mol. The van der Waals surface area contributed by atoms with Crippen LogP contribution in [0.4, 0.5) is 4.79 Å². The van der Waals surface area contributed by atoms with Gasteiger partial charge in [0, 0.05) is 13.3 Å². The molecule has 0 aliphatic heterocycles. The number of sulfone groups is 1. The molecule has 1 amide bonds. The van der Waals surface area contributed by atoms with E-state index in [1.165, 1.54) is 14.0 Å². The first kappa shape index (κ1) is 20.2. The highest BCUT2D eigenvalue weighted by atomic mass is 32.2. The van der Waals surface area contributed by atoms with Crippen LogP contribution in [0.25, 0.3) is 0 Å². The Morgan fingerprint density at radius 1 is 1.23 bits per heavy atom. The average molecular weight is 337 g/mol. The zero-order valence-corrected chi connectivity index (χ0v) is 14.5. The van der Waals surface area contributed by atoms with Crippen molar-refractivity contribution in [1.82, 2.24) is 4.90 Å². The predicted octanol–water partition coefficient (Wildman–Crippen LogP) is 1.23. The van der Waals surface area contributed by atoms with E-state index in [2.05, 4.69) is 4.74 Å². The van der Waals surface area contributed by atoms with Crippen LogP contribution < -0.4 is 0 Å². The summed E-state index contributed by atoms with van der Waals surface area (Å²) >= 11 is 0. The number of hydrogen-bond donors (Lipinski definition) is 1. The topological polar surface area (TPSA) is 110 Å². The fraction of sp³-hybridized carbons (Fsp3) is 0.692. The lowest BCUT2D eigenvalue weighted by Crippen LogP contribution is -2.36. The molecule has 0 heterocycles. The number of aliphatic hydroxyl groups excluding tert-OH is 1. The summed E-state index contributed by atoms with van der Waals surface area (Å²) in [7, 11) is -2.71. The third kappa shape index (κ3) is 6.79. The Morgan fingerprint density at radius 3 is 2.09 bits per heavy atom. The first-order chi connectivity index (χ1) is 9.79. The van der Waals surface area contributed by atoms with Gasteiger partial charge < -0.3 is 19.5 Å². The van der Waals surface area contributed by atoms with E-state index in [-0.39, 0.29) is 6.61 Å². The van der Waals surface area contributed by atoms with Crippen molar-refractivity contribution in [3.05, 3.63) is 10.7 Å². The number of carbonyl (C=O) groups is 2. The van der Waals surface area contributed by atoms with Crippen LogP contribution in [0.15, 0.2) is 10.7 Å². The van der Waals surface area contributed by atoms with Gasteiger partial charge in [-0.2, -0.15) is 0 Å². The van der Waals surface area contributed by atoms with Crippen LogP contribution in [-0.4, -0.2) is 62.5 Å². The van der Waals surface area contributed by atoms with Gasteiger partial charge >= 0.3 is 12.1 Å². The molecule has 0 spiro atoms. The van der Waals surface area contributed by atoms with Crippen molar-refractivity contribution < 1.29 is 32.6 Å². The summed E-state index contributed by atoms with van der Waals surface area (Å²) in [6.07, 6.45) is -0.00100. The summed E-state index contributed by atoms with van der Waals surface area (Å²) in [4.78, 5) is 23.5. The number of hydrogen-bond acceptors (Lipinski definition) is 7. The lowest BCUT2D eigenvalue weighted by atomic mass is 10.2. The molecule has 0 unspecified atom stereocenters. The van der Waals surface area contributed by atoms with Crippen LogP contribution in [0.3, 0.4) is 0 Å². The van der Waals surface area contributed by atoms with E-state index in [1.54, 1.807) is 20.8 Å². The highest BCUT2D eigenvalue weighted by molar-refractivity contribution is 7.95.